The monoisotopic (exact) mass is 381 g/mol. The fraction of sp³-hybridized carbons (Fsp3) is 0.214. The molecule has 2 N–H and O–H groups in total. The average Bonchev–Trinajstić information content (AvgIpc) is 3.20. The van der Waals surface area contributed by atoms with Crippen molar-refractivity contribution < 1.29 is 9.59 Å². The van der Waals surface area contributed by atoms with E-state index in [1.807, 2.05) is 5.38 Å². The molecule has 3 rings (SSSR count). The fourth-order valence-corrected chi connectivity index (χ4v) is 3.99. The number of hydrogen-bond donors (Lipinski definition) is 1. The summed E-state index contributed by atoms with van der Waals surface area (Å²) in [5, 5.41) is 7.26. The van der Waals surface area contributed by atoms with Gasteiger partial charge in [0.15, 0.2) is 10.8 Å². The first kappa shape index (κ1) is 16.7. The van der Waals surface area contributed by atoms with Crippen LogP contribution < -0.4 is 5.73 Å². The molecule has 0 aliphatic carbocycles. The molecule has 0 unspecified atom stereocenters. The van der Waals surface area contributed by atoms with E-state index >= 15 is 0 Å². The van der Waals surface area contributed by atoms with E-state index in [2.05, 4.69) is 15.1 Å². The molecule has 3 aromatic heterocycles. The number of carbonyl (C=O) groups is 2. The van der Waals surface area contributed by atoms with Gasteiger partial charge in [-0.2, -0.15) is 5.10 Å². The normalized spacial score (nSPS) is 10.9. The van der Waals surface area contributed by atoms with Crippen LogP contribution in [0.5, 0.6) is 0 Å². The number of rotatable bonds is 6. The minimum Gasteiger partial charge on any atom is -0.364 e. The lowest BCUT2D eigenvalue weighted by atomic mass is 10.3. The van der Waals surface area contributed by atoms with Crippen LogP contribution in [0.25, 0.3) is 10.6 Å². The number of nitrogens with two attached hydrogens (primary N) is 1. The van der Waals surface area contributed by atoms with Gasteiger partial charge >= 0.3 is 0 Å². The summed E-state index contributed by atoms with van der Waals surface area (Å²) >= 11 is 8.36. The Morgan fingerprint density at radius 3 is 2.79 bits per heavy atom. The van der Waals surface area contributed by atoms with E-state index in [1.165, 1.54) is 33.6 Å². The maximum atomic E-state index is 12.1. The molecule has 0 saturated heterocycles. The minimum atomic E-state index is -0.558. The molecule has 10 heteroatoms. The molecule has 0 saturated carbocycles. The lowest BCUT2D eigenvalue weighted by Gasteiger charge is -1.98. The Hall–Kier alpha value is -2.10. The van der Waals surface area contributed by atoms with Crippen LogP contribution in [0.4, 0.5) is 0 Å². The Labute approximate surface area is 150 Å². The number of primary amides is 1. The molecule has 124 valence electrons. The van der Waals surface area contributed by atoms with E-state index in [1.54, 1.807) is 13.1 Å². The number of amides is 1. The number of nitrogens with zero attached hydrogens (tertiary/aromatic N) is 4. The zero-order chi connectivity index (χ0) is 17.3. The zero-order valence-corrected chi connectivity index (χ0v) is 14.9. The lowest BCUT2D eigenvalue weighted by molar-refractivity contribution is -0.119. The molecule has 0 aliphatic heterocycles. The first-order valence-corrected chi connectivity index (χ1v) is 8.91. The molecular formula is C14H12ClN5O2S2. The van der Waals surface area contributed by atoms with Crippen LogP contribution >= 0.6 is 34.3 Å². The first-order valence-electron chi connectivity index (χ1n) is 6.84. The van der Waals surface area contributed by atoms with Gasteiger partial charge < -0.3 is 5.73 Å². The molecule has 0 bridgehead atoms. The van der Waals surface area contributed by atoms with Crippen molar-refractivity contribution >= 4 is 46.0 Å². The van der Waals surface area contributed by atoms with Crippen molar-refractivity contribution in [3.63, 3.8) is 0 Å². The third-order valence-electron chi connectivity index (χ3n) is 3.08. The number of Topliss-reactive ketones (excluding diaryl/α,β-unsaturated/α-hetero) is 1. The molecule has 0 aliphatic rings. The zero-order valence-electron chi connectivity index (χ0n) is 12.5. The SMILES string of the molecule is Cc1nc(C(N)=O)sc1-c1csc(CC(=O)Cn2cc(Cl)cn2)n1. The van der Waals surface area contributed by atoms with Gasteiger partial charge in [-0.3, -0.25) is 14.3 Å². The highest BCUT2D eigenvalue weighted by molar-refractivity contribution is 7.17. The molecule has 24 heavy (non-hydrogen) atoms. The quantitative estimate of drug-likeness (QED) is 0.705. The van der Waals surface area contributed by atoms with Crippen molar-refractivity contribution in [3.8, 4) is 10.6 Å². The summed E-state index contributed by atoms with van der Waals surface area (Å²) < 4.78 is 1.49. The number of halogens is 1. The third kappa shape index (κ3) is 3.69. The molecule has 3 heterocycles. The maximum absolute atomic E-state index is 12.1. The molecule has 0 radical (unpaired) electrons. The van der Waals surface area contributed by atoms with Gasteiger partial charge in [0.05, 0.1) is 40.5 Å². The van der Waals surface area contributed by atoms with Crippen molar-refractivity contribution in [3.05, 3.63) is 38.5 Å². The van der Waals surface area contributed by atoms with Gasteiger partial charge in [0, 0.05) is 11.6 Å². The second-order valence-electron chi connectivity index (χ2n) is 5.00. The lowest BCUT2D eigenvalue weighted by Crippen LogP contribution is -2.12. The van der Waals surface area contributed by atoms with E-state index in [9.17, 15) is 9.59 Å². The highest BCUT2D eigenvalue weighted by Gasteiger charge is 2.16. The molecule has 0 fully saturated rings. The first-order chi connectivity index (χ1) is 11.4. The summed E-state index contributed by atoms with van der Waals surface area (Å²) in [5.41, 5.74) is 6.65. The highest BCUT2D eigenvalue weighted by atomic mass is 35.5. The summed E-state index contributed by atoms with van der Waals surface area (Å²) in [7, 11) is 0. The van der Waals surface area contributed by atoms with Gasteiger partial charge in [-0.1, -0.05) is 11.6 Å². The minimum absolute atomic E-state index is 0.0190. The predicted molar refractivity (Wildman–Crippen MR) is 92.4 cm³/mol. The average molecular weight is 382 g/mol. The van der Waals surface area contributed by atoms with E-state index in [4.69, 9.17) is 17.3 Å². The Morgan fingerprint density at radius 1 is 1.38 bits per heavy atom. The van der Waals surface area contributed by atoms with Crippen LogP contribution in [-0.4, -0.2) is 31.4 Å². The Bertz CT molecular complexity index is 914. The van der Waals surface area contributed by atoms with Gasteiger partial charge in [-0.25, -0.2) is 9.97 Å². The molecule has 0 spiro atoms. The summed E-state index contributed by atoms with van der Waals surface area (Å²) in [4.78, 5) is 32.7. The highest BCUT2D eigenvalue weighted by Crippen LogP contribution is 2.30. The van der Waals surface area contributed by atoms with Crippen LogP contribution in [0, 0.1) is 6.92 Å². The fourth-order valence-electron chi connectivity index (χ4n) is 2.07. The van der Waals surface area contributed by atoms with Gasteiger partial charge in [0.1, 0.15) is 5.01 Å². The van der Waals surface area contributed by atoms with Gasteiger partial charge in [0.25, 0.3) is 5.91 Å². The summed E-state index contributed by atoms with van der Waals surface area (Å²) in [6, 6.07) is 0. The van der Waals surface area contributed by atoms with E-state index in [0.717, 1.165) is 4.88 Å². The largest absolute Gasteiger partial charge is 0.364 e. The molecule has 1 amide bonds. The smallest absolute Gasteiger partial charge is 0.277 e. The predicted octanol–water partition coefficient (Wildman–Crippen LogP) is 2.34. The molecule has 7 nitrogen and oxygen atoms in total. The summed E-state index contributed by atoms with van der Waals surface area (Å²) in [6.07, 6.45) is 3.29. The number of aromatic nitrogens is 4. The van der Waals surface area contributed by atoms with Crippen LogP contribution in [0.15, 0.2) is 17.8 Å². The molecule has 0 aromatic carbocycles. The van der Waals surface area contributed by atoms with Gasteiger partial charge in [0.2, 0.25) is 0 Å². The molecule has 3 aromatic rings. The molecular weight excluding hydrogens is 370 g/mol. The van der Waals surface area contributed by atoms with Crippen LogP contribution in [0.1, 0.15) is 20.5 Å². The number of ketones is 1. The standard InChI is InChI=1S/C14H12ClN5O2S2/c1-7-12(24-14(18-7)13(16)22)10-6-23-11(19-10)2-9(21)5-20-4-8(15)3-17-20/h3-4,6H,2,5H2,1H3,(H2,16,22). The van der Waals surface area contributed by atoms with Gasteiger partial charge in [-0.15, -0.1) is 22.7 Å². The molecule has 0 atom stereocenters. The van der Waals surface area contributed by atoms with Crippen molar-refractivity contribution in [1.82, 2.24) is 19.7 Å². The topological polar surface area (TPSA) is 104 Å². The second-order valence-corrected chi connectivity index (χ2v) is 7.37. The number of carbonyl (C=O) groups excluding carboxylic acids is 2. The Balaban J connectivity index is 1.71. The van der Waals surface area contributed by atoms with Crippen molar-refractivity contribution in [2.24, 2.45) is 5.73 Å². The maximum Gasteiger partial charge on any atom is 0.277 e. The van der Waals surface area contributed by atoms with Crippen LogP contribution in [0.2, 0.25) is 5.02 Å². The van der Waals surface area contributed by atoms with Crippen LogP contribution in [-0.2, 0) is 17.8 Å². The summed E-state index contributed by atoms with van der Waals surface area (Å²) in [6.45, 7) is 1.94. The third-order valence-corrected chi connectivity index (χ3v) is 5.32. The van der Waals surface area contributed by atoms with Crippen molar-refractivity contribution in [1.29, 1.82) is 0 Å². The van der Waals surface area contributed by atoms with E-state index in [-0.39, 0.29) is 23.8 Å². The van der Waals surface area contributed by atoms with Gasteiger partial charge in [-0.05, 0) is 6.92 Å². The van der Waals surface area contributed by atoms with Crippen molar-refractivity contribution in [2.45, 2.75) is 19.9 Å². The number of thiazole rings is 2. The number of aryl methyl sites for hydroxylation is 1. The van der Waals surface area contributed by atoms with Crippen molar-refractivity contribution in [2.75, 3.05) is 0 Å². The van der Waals surface area contributed by atoms with Crippen LogP contribution in [0.3, 0.4) is 0 Å². The number of hydrogen-bond acceptors (Lipinski definition) is 7. The second kappa shape index (κ2) is 6.80. The Kier molecular flexibility index (Phi) is 4.74. The van der Waals surface area contributed by atoms with E-state index in [0.29, 0.717) is 21.4 Å². The van der Waals surface area contributed by atoms with E-state index < -0.39 is 5.91 Å². The Morgan fingerprint density at radius 2 is 2.17 bits per heavy atom. The summed E-state index contributed by atoms with van der Waals surface area (Å²) in [5.74, 6) is -0.576.